The Kier molecular flexibility index (Phi) is 7.17. The van der Waals surface area contributed by atoms with Crippen LogP contribution in [-0.2, 0) is 0 Å². The van der Waals surface area contributed by atoms with Crippen molar-refractivity contribution >= 4 is 17.6 Å². The molecule has 0 N–H and O–H groups in total. The summed E-state index contributed by atoms with van der Waals surface area (Å²) >= 11 is 4.68. The van der Waals surface area contributed by atoms with Crippen molar-refractivity contribution in [1.29, 1.82) is 0 Å². The minimum atomic E-state index is 1.12. The Hall–Kier alpha value is 0.0900. The highest BCUT2D eigenvalue weighted by Crippen LogP contribution is 1.99. The second kappa shape index (κ2) is 7.09. The normalized spacial score (nSPS) is 9.12. The summed E-state index contributed by atoms with van der Waals surface area (Å²) in [5.41, 5.74) is 0. The van der Waals surface area contributed by atoms with E-state index < -0.39 is 0 Å². The van der Waals surface area contributed by atoms with Gasteiger partial charge in [-0.2, -0.15) is 0 Å². The van der Waals surface area contributed by atoms with Crippen LogP contribution in [0.1, 0.15) is 39.0 Å². The smallest absolute Gasteiger partial charge is 0.0210 e. The molecule has 0 unspecified atom stereocenters. The van der Waals surface area contributed by atoms with Crippen molar-refractivity contribution in [3.8, 4) is 0 Å². The van der Waals surface area contributed by atoms with Crippen LogP contribution < -0.4 is 0 Å². The van der Waals surface area contributed by atoms with Gasteiger partial charge in [-0.3, -0.25) is 0 Å². The summed E-state index contributed by atoms with van der Waals surface area (Å²) < 4.78 is 0. The zero-order valence-electron chi connectivity index (χ0n) is 5.52. The number of hydrogen-bond acceptors (Lipinski definition) is 1. The van der Waals surface area contributed by atoms with Gasteiger partial charge in [-0.25, -0.2) is 0 Å². The van der Waals surface area contributed by atoms with E-state index in [4.69, 9.17) is 0 Å². The maximum absolute atomic E-state index is 4.68. The Morgan fingerprint density at radius 3 is 2.50 bits per heavy atom. The van der Waals surface area contributed by atoms with Gasteiger partial charge in [-0.05, 0) is 18.2 Å². The Labute approximate surface area is 57.3 Å². The van der Waals surface area contributed by atoms with Gasteiger partial charge in [0.2, 0.25) is 0 Å². The fraction of sp³-hybridized carbons (Fsp3) is 0.857. The maximum atomic E-state index is 4.68. The van der Waals surface area contributed by atoms with Gasteiger partial charge in [-0.15, -0.1) is 0 Å². The highest BCUT2D eigenvalue weighted by molar-refractivity contribution is 7.78. The van der Waals surface area contributed by atoms with E-state index in [1.54, 1.807) is 0 Å². The molecule has 0 saturated carbocycles. The average molecular weight is 130 g/mol. The zero-order chi connectivity index (χ0) is 6.24. The molecule has 0 aromatic heterocycles. The highest BCUT2D eigenvalue weighted by atomic mass is 32.1. The summed E-state index contributed by atoms with van der Waals surface area (Å²) in [6.45, 7) is 2.22. The predicted molar refractivity (Wildman–Crippen MR) is 42.4 cm³/mol. The fourth-order valence-electron chi connectivity index (χ4n) is 0.654. The molecule has 0 aliphatic heterocycles. The monoisotopic (exact) mass is 130 g/mol. The van der Waals surface area contributed by atoms with E-state index in [1.807, 2.05) is 5.37 Å². The molecular weight excluding hydrogens is 116 g/mol. The Bertz CT molecular complexity index is 50.3. The number of unbranched alkanes of at least 4 members (excludes halogenated alkanes) is 4. The van der Waals surface area contributed by atoms with Gasteiger partial charge in [0, 0.05) is 0 Å². The molecular formula is C7H14S. The lowest BCUT2D eigenvalue weighted by molar-refractivity contribution is 0.687. The molecule has 8 heavy (non-hydrogen) atoms. The third-order valence-corrected chi connectivity index (χ3v) is 1.41. The molecule has 0 heterocycles. The van der Waals surface area contributed by atoms with Crippen molar-refractivity contribution in [2.45, 2.75) is 39.0 Å². The van der Waals surface area contributed by atoms with Gasteiger partial charge >= 0.3 is 0 Å². The van der Waals surface area contributed by atoms with E-state index in [0.717, 1.165) is 6.42 Å². The largest absolute Gasteiger partial charge is 0.0935 e. The highest BCUT2D eigenvalue weighted by Gasteiger charge is 1.82. The first kappa shape index (κ1) is 8.09. The molecule has 0 amide bonds. The molecule has 0 aliphatic carbocycles. The van der Waals surface area contributed by atoms with Crippen molar-refractivity contribution in [3.63, 3.8) is 0 Å². The molecule has 1 heteroatoms. The van der Waals surface area contributed by atoms with Crippen molar-refractivity contribution in [2.75, 3.05) is 0 Å². The molecule has 0 aromatic rings. The van der Waals surface area contributed by atoms with Crippen LogP contribution in [0.25, 0.3) is 0 Å². The van der Waals surface area contributed by atoms with Gasteiger partial charge in [0.15, 0.2) is 0 Å². The second-order valence-corrected chi connectivity index (χ2v) is 2.35. The van der Waals surface area contributed by atoms with Crippen LogP contribution in [0.5, 0.6) is 0 Å². The Morgan fingerprint density at radius 2 is 2.00 bits per heavy atom. The van der Waals surface area contributed by atoms with E-state index in [0.29, 0.717) is 0 Å². The summed E-state index contributed by atoms with van der Waals surface area (Å²) in [5, 5.41) is 1.83. The summed E-state index contributed by atoms with van der Waals surface area (Å²) in [5.74, 6) is 0. The number of thiocarbonyl (C=S) groups is 1. The van der Waals surface area contributed by atoms with Crippen LogP contribution in [-0.4, -0.2) is 5.37 Å². The lowest BCUT2D eigenvalue weighted by atomic mass is 10.2. The molecule has 48 valence electrons. The van der Waals surface area contributed by atoms with Crippen LogP contribution >= 0.6 is 12.2 Å². The quantitative estimate of drug-likeness (QED) is 0.407. The Balaban J connectivity index is 2.62. The van der Waals surface area contributed by atoms with Crippen LogP contribution in [0.4, 0.5) is 0 Å². The lowest BCUT2D eigenvalue weighted by Crippen LogP contribution is -1.74. The van der Waals surface area contributed by atoms with E-state index in [9.17, 15) is 0 Å². The van der Waals surface area contributed by atoms with Crippen molar-refractivity contribution in [2.24, 2.45) is 0 Å². The molecule has 0 nitrogen and oxygen atoms in total. The molecule has 0 atom stereocenters. The van der Waals surface area contributed by atoms with Crippen molar-refractivity contribution in [3.05, 3.63) is 0 Å². The molecule has 0 rings (SSSR count). The molecule has 0 aliphatic rings. The lowest BCUT2D eigenvalue weighted by Gasteiger charge is -1.91. The third-order valence-electron chi connectivity index (χ3n) is 1.18. The first-order chi connectivity index (χ1) is 3.91. The van der Waals surface area contributed by atoms with Crippen molar-refractivity contribution in [1.82, 2.24) is 0 Å². The first-order valence-corrected chi connectivity index (χ1v) is 3.82. The summed E-state index contributed by atoms with van der Waals surface area (Å²) in [6, 6.07) is 0. The molecule has 0 fully saturated rings. The zero-order valence-corrected chi connectivity index (χ0v) is 6.34. The summed E-state index contributed by atoms with van der Waals surface area (Å²) in [7, 11) is 0. The minimum Gasteiger partial charge on any atom is -0.0935 e. The third kappa shape index (κ3) is 6.09. The second-order valence-electron chi connectivity index (χ2n) is 2.02. The van der Waals surface area contributed by atoms with Gasteiger partial charge in [0.05, 0.1) is 0 Å². The van der Waals surface area contributed by atoms with Crippen LogP contribution in [0.3, 0.4) is 0 Å². The maximum Gasteiger partial charge on any atom is -0.0210 e. The van der Waals surface area contributed by atoms with Crippen LogP contribution in [0.2, 0.25) is 0 Å². The number of hydrogen-bond donors (Lipinski definition) is 0. The predicted octanol–water partition coefficient (Wildman–Crippen LogP) is 2.96. The van der Waals surface area contributed by atoms with E-state index in [1.165, 1.54) is 25.7 Å². The molecule has 0 saturated heterocycles. The van der Waals surface area contributed by atoms with Gasteiger partial charge in [0.1, 0.15) is 0 Å². The van der Waals surface area contributed by atoms with Gasteiger partial charge < -0.3 is 0 Å². The molecule has 0 spiro atoms. The van der Waals surface area contributed by atoms with E-state index in [2.05, 4.69) is 19.1 Å². The minimum absolute atomic E-state index is 1.12. The van der Waals surface area contributed by atoms with E-state index in [-0.39, 0.29) is 0 Å². The topological polar surface area (TPSA) is 0 Å². The average Bonchev–Trinajstić information content (AvgIpc) is 1.81. The van der Waals surface area contributed by atoms with E-state index >= 15 is 0 Å². The molecule has 0 radical (unpaired) electrons. The molecule has 0 aromatic carbocycles. The first-order valence-electron chi connectivity index (χ1n) is 3.35. The molecule has 0 bridgehead atoms. The standard InChI is InChI=1S/C7H14S/c1-2-3-4-5-6-7-8/h7H,2-6H2,1H3. The SMILES string of the molecule is CCCCCCC=S. The fourth-order valence-corrected chi connectivity index (χ4v) is 0.821. The number of rotatable bonds is 5. The van der Waals surface area contributed by atoms with Gasteiger partial charge in [-0.1, -0.05) is 38.4 Å². The van der Waals surface area contributed by atoms with Crippen molar-refractivity contribution < 1.29 is 0 Å². The summed E-state index contributed by atoms with van der Waals surface area (Å²) in [6.07, 6.45) is 6.44. The van der Waals surface area contributed by atoms with Crippen LogP contribution in [0, 0.1) is 0 Å². The van der Waals surface area contributed by atoms with Gasteiger partial charge in [0.25, 0.3) is 0 Å². The Morgan fingerprint density at radius 1 is 1.25 bits per heavy atom. The summed E-state index contributed by atoms with van der Waals surface area (Å²) in [4.78, 5) is 0. The van der Waals surface area contributed by atoms with Crippen LogP contribution in [0.15, 0.2) is 0 Å².